The zero-order valence-electron chi connectivity index (χ0n) is 16.0. The van der Waals surface area contributed by atoms with Crippen molar-refractivity contribution in [2.24, 2.45) is 0 Å². The number of thioether (sulfide) groups is 1. The number of imide groups is 1. The van der Waals surface area contributed by atoms with Crippen molar-refractivity contribution in [1.82, 2.24) is 25.4 Å². The van der Waals surface area contributed by atoms with Gasteiger partial charge < -0.3 is 9.88 Å². The van der Waals surface area contributed by atoms with Crippen molar-refractivity contribution in [3.8, 4) is 0 Å². The van der Waals surface area contributed by atoms with Gasteiger partial charge in [-0.05, 0) is 52.0 Å². The highest BCUT2D eigenvalue weighted by Gasteiger charge is 2.31. The van der Waals surface area contributed by atoms with Gasteiger partial charge >= 0.3 is 6.03 Å². The molecule has 0 spiro atoms. The van der Waals surface area contributed by atoms with E-state index < -0.39 is 16.8 Å². The molecule has 0 saturated heterocycles. The van der Waals surface area contributed by atoms with Crippen molar-refractivity contribution < 1.29 is 9.59 Å². The molecule has 146 valence electrons. The number of urea groups is 1. The minimum absolute atomic E-state index is 0.341. The molecule has 3 amide bonds. The van der Waals surface area contributed by atoms with E-state index in [9.17, 15) is 9.59 Å². The summed E-state index contributed by atoms with van der Waals surface area (Å²) in [5.41, 5.74) is -0.399. The minimum Gasteiger partial charge on any atom is -0.333 e. The molecule has 2 N–H and O–H groups in total. The highest BCUT2D eigenvalue weighted by molar-refractivity contribution is 8.00. The van der Waals surface area contributed by atoms with Gasteiger partial charge in [0.05, 0.1) is 5.25 Å². The van der Waals surface area contributed by atoms with Gasteiger partial charge in [-0.3, -0.25) is 10.1 Å². The van der Waals surface area contributed by atoms with Crippen LogP contribution in [0.25, 0.3) is 0 Å². The summed E-state index contributed by atoms with van der Waals surface area (Å²) < 4.78 is 2.16. The molecule has 9 heteroatoms. The summed E-state index contributed by atoms with van der Waals surface area (Å²) >= 11 is 3.04. The fraction of sp³-hybridized carbons (Fsp3) is 0.556. The Morgan fingerprint density at radius 2 is 2.11 bits per heavy atom. The monoisotopic (exact) mass is 407 g/mol. The molecule has 0 unspecified atom stereocenters. The number of carbonyl (C=O) groups excluding carboxylic acids is 2. The van der Waals surface area contributed by atoms with Gasteiger partial charge in [0.2, 0.25) is 5.91 Å². The van der Waals surface area contributed by atoms with Crippen LogP contribution >= 0.6 is 23.1 Å². The molecular formula is C18H25N5O2S2. The lowest BCUT2D eigenvalue weighted by molar-refractivity contribution is -0.119. The Balaban J connectivity index is 1.65. The third-order valence-electron chi connectivity index (χ3n) is 3.94. The molecule has 0 aromatic carbocycles. The van der Waals surface area contributed by atoms with E-state index in [4.69, 9.17) is 0 Å². The Morgan fingerprint density at radius 1 is 1.37 bits per heavy atom. The third kappa shape index (κ3) is 5.55. The number of hydrogen-bond donors (Lipinski definition) is 2. The second-order valence-electron chi connectivity index (χ2n) is 7.71. The van der Waals surface area contributed by atoms with Gasteiger partial charge in [-0.1, -0.05) is 17.8 Å². The molecule has 0 bridgehead atoms. The van der Waals surface area contributed by atoms with Crippen molar-refractivity contribution in [2.45, 2.75) is 68.9 Å². The van der Waals surface area contributed by atoms with Crippen molar-refractivity contribution >= 4 is 35.0 Å². The van der Waals surface area contributed by atoms with Gasteiger partial charge in [0.15, 0.2) is 5.16 Å². The highest BCUT2D eigenvalue weighted by atomic mass is 32.2. The first-order chi connectivity index (χ1) is 12.7. The summed E-state index contributed by atoms with van der Waals surface area (Å²) in [6.45, 7) is 7.36. The maximum Gasteiger partial charge on any atom is 0.321 e. The summed E-state index contributed by atoms with van der Waals surface area (Å²) in [5.74, 6) is 0.590. The number of nitrogens with one attached hydrogen (secondary N) is 2. The standard InChI is InChI=1S/C18H25N5O2S2/c1-11(15(24)19-16(25)20-18(2,3)4)27-17-22-21-14(23(17)12-7-8-12)10-13-6-5-9-26-13/h5-6,9,11-12H,7-8,10H2,1-4H3,(H2,19,20,24,25)/t11-/m0/s1. The Labute approximate surface area is 167 Å². The van der Waals surface area contributed by atoms with E-state index in [1.165, 1.54) is 16.6 Å². The van der Waals surface area contributed by atoms with Crippen molar-refractivity contribution in [2.75, 3.05) is 0 Å². The van der Waals surface area contributed by atoms with Gasteiger partial charge in [-0.15, -0.1) is 21.5 Å². The van der Waals surface area contributed by atoms with Gasteiger partial charge in [0.1, 0.15) is 5.82 Å². The fourth-order valence-corrected chi connectivity index (χ4v) is 4.21. The molecule has 1 saturated carbocycles. The lowest BCUT2D eigenvalue weighted by atomic mass is 10.1. The average molecular weight is 408 g/mol. The molecule has 1 aliphatic rings. The summed E-state index contributed by atoms with van der Waals surface area (Å²) in [5, 5.41) is 16.1. The quantitative estimate of drug-likeness (QED) is 0.717. The van der Waals surface area contributed by atoms with Crippen LogP contribution in [0.4, 0.5) is 4.79 Å². The van der Waals surface area contributed by atoms with E-state index in [0.717, 1.165) is 30.2 Å². The van der Waals surface area contributed by atoms with Crippen LogP contribution in [-0.4, -0.2) is 37.5 Å². The Kier molecular flexibility index (Phi) is 5.90. The first kappa shape index (κ1) is 19.9. The summed E-state index contributed by atoms with van der Waals surface area (Å²) in [6, 6.07) is 4.05. The van der Waals surface area contributed by atoms with Crippen molar-refractivity contribution in [3.05, 3.63) is 28.2 Å². The third-order valence-corrected chi connectivity index (χ3v) is 5.87. The molecule has 2 aromatic heterocycles. The predicted octanol–water partition coefficient (Wildman–Crippen LogP) is 3.37. The van der Waals surface area contributed by atoms with Gasteiger partial charge in [-0.25, -0.2) is 4.79 Å². The molecule has 0 radical (unpaired) electrons. The number of aromatic nitrogens is 3. The second kappa shape index (κ2) is 8.02. The van der Waals surface area contributed by atoms with Crippen LogP contribution in [0, 0.1) is 0 Å². The van der Waals surface area contributed by atoms with E-state index in [-0.39, 0.29) is 5.91 Å². The Bertz CT molecular complexity index is 806. The van der Waals surface area contributed by atoms with Gasteiger partial charge in [-0.2, -0.15) is 0 Å². The number of thiophene rings is 1. The largest absolute Gasteiger partial charge is 0.333 e. The molecule has 27 heavy (non-hydrogen) atoms. The molecular weight excluding hydrogens is 382 g/mol. The first-order valence-electron chi connectivity index (χ1n) is 8.99. The Hall–Kier alpha value is -1.87. The van der Waals surface area contributed by atoms with Gasteiger partial charge in [0.25, 0.3) is 0 Å². The first-order valence-corrected chi connectivity index (χ1v) is 10.7. The Morgan fingerprint density at radius 3 is 2.70 bits per heavy atom. The zero-order valence-corrected chi connectivity index (χ0v) is 17.6. The highest BCUT2D eigenvalue weighted by Crippen LogP contribution is 2.40. The van der Waals surface area contributed by atoms with E-state index in [1.807, 2.05) is 26.8 Å². The summed E-state index contributed by atoms with van der Waals surface area (Å²) in [6.07, 6.45) is 2.96. The second-order valence-corrected chi connectivity index (χ2v) is 10.0. The molecule has 0 aliphatic heterocycles. The summed E-state index contributed by atoms with van der Waals surface area (Å²) in [4.78, 5) is 25.5. The van der Waals surface area contributed by atoms with E-state index >= 15 is 0 Å². The minimum atomic E-state index is -0.484. The number of rotatable bonds is 6. The number of nitrogens with zero attached hydrogens (tertiary/aromatic N) is 3. The van der Waals surface area contributed by atoms with Crippen LogP contribution in [0.1, 0.15) is 57.3 Å². The predicted molar refractivity (Wildman–Crippen MR) is 107 cm³/mol. The number of carbonyl (C=O) groups is 2. The van der Waals surface area contributed by atoms with E-state index in [0.29, 0.717) is 6.04 Å². The molecule has 3 rings (SSSR count). The van der Waals surface area contributed by atoms with Crippen LogP contribution in [0.3, 0.4) is 0 Å². The van der Waals surface area contributed by atoms with Crippen LogP contribution in [-0.2, 0) is 11.2 Å². The van der Waals surface area contributed by atoms with E-state index in [2.05, 4.69) is 36.8 Å². The average Bonchev–Trinajstić information content (AvgIpc) is 3.11. The lowest BCUT2D eigenvalue weighted by Crippen LogP contribution is -2.49. The normalized spacial score (nSPS) is 15.4. The molecule has 1 fully saturated rings. The SMILES string of the molecule is C[C@H](Sc1nnc(Cc2cccs2)n1C1CC1)C(=O)NC(=O)NC(C)(C)C. The van der Waals surface area contributed by atoms with Crippen LogP contribution < -0.4 is 10.6 Å². The van der Waals surface area contributed by atoms with Crippen LogP contribution in [0.5, 0.6) is 0 Å². The number of amides is 3. The molecule has 1 aliphatic carbocycles. The molecule has 7 nitrogen and oxygen atoms in total. The molecule has 1 atom stereocenters. The molecule has 2 aromatic rings. The zero-order chi connectivity index (χ0) is 19.6. The maximum absolute atomic E-state index is 12.4. The summed E-state index contributed by atoms with van der Waals surface area (Å²) in [7, 11) is 0. The van der Waals surface area contributed by atoms with Crippen molar-refractivity contribution in [1.29, 1.82) is 0 Å². The number of hydrogen-bond acceptors (Lipinski definition) is 6. The van der Waals surface area contributed by atoms with Crippen molar-refractivity contribution in [3.63, 3.8) is 0 Å². The topological polar surface area (TPSA) is 88.9 Å². The van der Waals surface area contributed by atoms with E-state index in [1.54, 1.807) is 18.3 Å². The maximum atomic E-state index is 12.4. The van der Waals surface area contributed by atoms with Gasteiger partial charge in [0, 0.05) is 22.9 Å². The fourth-order valence-electron chi connectivity index (χ4n) is 2.57. The smallest absolute Gasteiger partial charge is 0.321 e. The van der Waals surface area contributed by atoms with Crippen LogP contribution in [0.15, 0.2) is 22.7 Å². The van der Waals surface area contributed by atoms with Crippen LogP contribution in [0.2, 0.25) is 0 Å². The lowest BCUT2D eigenvalue weighted by Gasteiger charge is -2.21. The molecule has 2 heterocycles.